The molecule has 0 unspecified atom stereocenters. The molecule has 0 fully saturated rings. The average Bonchev–Trinajstić information content (AvgIpc) is 3.41. The smallest absolute Gasteiger partial charge is 0.413 e. The first kappa shape index (κ1) is 26.8. The maximum absolute atomic E-state index is 13.3. The maximum Gasteiger partial charge on any atom is 0.413 e. The van der Waals surface area contributed by atoms with E-state index in [0.29, 0.717) is 34.0 Å². The first-order valence-corrected chi connectivity index (χ1v) is 13.7. The molecule has 0 spiro atoms. The van der Waals surface area contributed by atoms with Gasteiger partial charge >= 0.3 is 6.09 Å². The molecule has 1 aliphatic carbocycles. The predicted octanol–water partition coefficient (Wildman–Crippen LogP) is 6.17. The van der Waals surface area contributed by atoms with E-state index in [-0.39, 0.29) is 18.1 Å². The number of rotatable bonds is 7. The Balaban J connectivity index is 1.35. The van der Waals surface area contributed by atoms with Crippen molar-refractivity contribution in [1.82, 2.24) is 19.6 Å². The van der Waals surface area contributed by atoms with Gasteiger partial charge in [0, 0.05) is 17.3 Å². The van der Waals surface area contributed by atoms with E-state index in [0.717, 1.165) is 42.4 Å². The molecule has 0 bridgehead atoms. The monoisotopic (exact) mass is 563 g/mol. The van der Waals surface area contributed by atoms with E-state index in [9.17, 15) is 14.7 Å². The van der Waals surface area contributed by atoms with Gasteiger partial charge in [-0.05, 0) is 66.6 Å². The third-order valence-corrected chi connectivity index (χ3v) is 7.24. The van der Waals surface area contributed by atoms with E-state index < -0.39 is 11.7 Å². The van der Waals surface area contributed by atoms with Gasteiger partial charge in [0.2, 0.25) is 5.88 Å². The highest BCUT2D eigenvalue weighted by Crippen LogP contribution is 2.38. The summed E-state index contributed by atoms with van der Waals surface area (Å²) in [6.45, 7) is 0.144. The van der Waals surface area contributed by atoms with Crippen molar-refractivity contribution in [3.05, 3.63) is 100 Å². The zero-order valence-corrected chi connectivity index (χ0v) is 23.0. The van der Waals surface area contributed by atoms with E-state index in [2.05, 4.69) is 21.4 Å². The molecule has 42 heavy (non-hydrogen) atoms. The second-order valence-corrected chi connectivity index (χ2v) is 9.96. The van der Waals surface area contributed by atoms with E-state index in [4.69, 9.17) is 14.6 Å². The van der Waals surface area contributed by atoms with Crippen LogP contribution in [-0.4, -0.2) is 37.9 Å². The molecule has 5 aromatic rings. The molecule has 0 aliphatic heterocycles. The standard InChI is InChI=1S/C32H29N5O5/c1-41-24-15-12-22(13-16-24)27-30(38)35-29-26(21-10-6-3-7-11-21)28(36-37(29)31(27)39)23-14-17-25(33-18-23)34-32(40)42-19-20-8-4-2-5-9-20/h2,4-5,8-10,12-18,39H,3,6-7,11,19H2,1H3,(H,35,38)(H,33,34,40). The van der Waals surface area contributed by atoms with Crippen LogP contribution in [0.5, 0.6) is 11.6 Å². The lowest BCUT2D eigenvalue weighted by Gasteiger charge is -2.14. The van der Waals surface area contributed by atoms with Crippen LogP contribution in [0.4, 0.5) is 10.6 Å². The number of nitrogens with one attached hydrogen (secondary N) is 2. The summed E-state index contributed by atoms with van der Waals surface area (Å²) in [5, 5.41) is 18.7. The number of aromatic nitrogens is 4. The van der Waals surface area contributed by atoms with Crippen LogP contribution in [0, 0.1) is 0 Å². The molecule has 1 aliphatic rings. The summed E-state index contributed by atoms with van der Waals surface area (Å²) in [6, 6.07) is 19.7. The highest BCUT2D eigenvalue weighted by Gasteiger charge is 2.25. The second kappa shape index (κ2) is 11.6. The summed E-state index contributed by atoms with van der Waals surface area (Å²) in [5.41, 5.74) is 4.51. The summed E-state index contributed by atoms with van der Waals surface area (Å²) in [5.74, 6) is 0.686. The van der Waals surface area contributed by atoms with E-state index in [1.54, 1.807) is 49.7 Å². The van der Waals surface area contributed by atoms with Gasteiger partial charge in [0.25, 0.3) is 5.56 Å². The lowest BCUT2D eigenvalue weighted by Crippen LogP contribution is -2.14. The molecule has 10 nitrogen and oxygen atoms in total. The fourth-order valence-electron chi connectivity index (χ4n) is 5.13. The number of methoxy groups -OCH3 is 1. The van der Waals surface area contributed by atoms with Crippen LogP contribution < -0.4 is 15.6 Å². The molecule has 212 valence electrons. The number of carbonyl (C=O) groups is 1. The van der Waals surface area contributed by atoms with Gasteiger partial charge in [0.15, 0.2) is 0 Å². The molecule has 3 aromatic heterocycles. The van der Waals surface area contributed by atoms with Crippen molar-refractivity contribution in [2.24, 2.45) is 0 Å². The van der Waals surface area contributed by atoms with Crippen molar-refractivity contribution in [1.29, 1.82) is 0 Å². The van der Waals surface area contributed by atoms with Gasteiger partial charge in [-0.2, -0.15) is 9.61 Å². The molecule has 1 amide bonds. The fraction of sp³-hybridized carbons (Fsp3) is 0.188. The molecule has 10 heteroatoms. The molecule has 0 saturated heterocycles. The highest BCUT2D eigenvalue weighted by atomic mass is 16.5. The number of nitrogens with zero attached hydrogens (tertiary/aromatic N) is 3. The summed E-state index contributed by atoms with van der Waals surface area (Å²) in [7, 11) is 1.56. The Bertz CT molecular complexity index is 1820. The number of ether oxygens (including phenoxy) is 2. The van der Waals surface area contributed by atoms with Crippen molar-refractivity contribution in [2.75, 3.05) is 12.4 Å². The molecule has 6 rings (SSSR count). The number of pyridine rings is 1. The molecule has 3 heterocycles. The Hall–Kier alpha value is -5.38. The van der Waals surface area contributed by atoms with Crippen LogP contribution in [0.2, 0.25) is 0 Å². The van der Waals surface area contributed by atoms with Gasteiger partial charge in [-0.25, -0.2) is 9.78 Å². The van der Waals surface area contributed by atoms with E-state index in [1.165, 1.54) is 4.52 Å². The van der Waals surface area contributed by atoms with Crippen LogP contribution in [-0.2, 0) is 11.3 Å². The number of aromatic hydroxyl groups is 1. The summed E-state index contributed by atoms with van der Waals surface area (Å²) in [6.07, 6.45) is 6.96. The number of benzene rings is 2. The molecule has 3 N–H and O–H groups in total. The van der Waals surface area contributed by atoms with Gasteiger partial charge in [-0.15, -0.1) is 0 Å². The molecular weight excluding hydrogens is 534 g/mol. The van der Waals surface area contributed by atoms with Crippen molar-refractivity contribution < 1.29 is 19.4 Å². The number of aromatic amines is 1. The minimum absolute atomic E-state index is 0.107. The largest absolute Gasteiger partial charge is 0.497 e. The molecular formula is C32H29N5O5. The molecule has 0 radical (unpaired) electrons. The lowest BCUT2D eigenvalue weighted by molar-refractivity contribution is 0.155. The number of allylic oxidation sites excluding steroid dienone is 2. The molecule has 2 aromatic carbocycles. The summed E-state index contributed by atoms with van der Waals surface area (Å²) >= 11 is 0. The molecule has 0 saturated carbocycles. The van der Waals surface area contributed by atoms with Crippen LogP contribution in [0.15, 0.2) is 83.8 Å². The molecule has 0 atom stereocenters. The summed E-state index contributed by atoms with van der Waals surface area (Å²) < 4.78 is 11.9. The Kier molecular flexibility index (Phi) is 7.42. The van der Waals surface area contributed by atoms with Crippen molar-refractivity contribution in [3.63, 3.8) is 0 Å². The van der Waals surface area contributed by atoms with Crippen LogP contribution in [0.25, 0.3) is 33.6 Å². The Morgan fingerprint density at radius 2 is 1.81 bits per heavy atom. The van der Waals surface area contributed by atoms with Gasteiger partial charge in [-0.1, -0.05) is 48.5 Å². The Morgan fingerprint density at radius 1 is 1.02 bits per heavy atom. The van der Waals surface area contributed by atoms with Gasteiger partial charge in [0.1, 0.15) is 35.1 Å². The van der Waals surface area contributed by atoms with Gasteiger partial charge < -0.3 is 19.6 Å². The second-order valence-electron chi connectivity index (χ2n) is 9.96. The van der Waals surface area contributed by atoms with Gasteiger partial charge in [-0.3, -0.25) is 10.1 Å². The first-order chi connectivity index (χ1) is 20.5. The third kappa shape index (κ3) is 5.34. The number of fused-ring (bicyclic) bond motifs is 1. The number of H-pyrrole nitrogens is 1. The highest BCUT2D eigenvalue weighted by molar-refractivity contribution is 5.89. The number of hydrogen-bond acceptors (Lipinski definition) is 7. The number of hydrogen-bond donors (Lipinski definition) is 3. The predicted molar refractivity (Wildman–Crippen MR) is 159 cm³/mol. The average molecular weight is 564 g/mol. The minimum atomic E-state index is -0.617. The third-order valence-electron chi connectivity index (χ3n) is 7.24. The Morgan fingerprint density at radius 3 is 2.50 bits per heavy atom. The van der Waals surface area contributed by atoms with Crippen molar-refractivity contribution in [2.45, 2.75) is 32.3 Å². The maximum atomic E-state index is 13.3. The van der Waals surface area contributed by atoms with Crippen LogP contribution >= 0.6 is 0 Å². The Labute approximate surface area is 241 Å². The SMILES string of the molecule is COc1ccc(-c2c(O)n3nc(-c4ccc(NC(=O)OCc5ccccc5)nc4)c(C4=CCCCC4)c3[nH]c2=O)cc1. The zero-order valence-electron chi connectivity index (χ0n) is 23.0. The quantitative estimate of drug-likeness (QED) is 0.216. The van der Waals surface area contributed by atoms with Crippen molar-refractivity contribution in [3.8, 4) is 34.0 Å². The number of carbonyl (C=O) groups excluding carboxylic acids is 1. The van der Waals surface area contributed by atoms with Crippen LogP contribution in [0.1, 0.15) is 36.8 Å². The summed E-state index contributed by atoms with van der Waals surface area (Å²) in [4.78, 5) is 33.0. The van der Waals surface area contributed by atoms with E-state index >= 15 is 0 Å². The van der Waals surface area contributed by atoms with Crippen LogP contribution in [0.3, 0.4) is 0 Å². The minimum Gasteiger partial charge on any atom is -0.497 e. The van der Waals surface area contributed by atoms with Crippen molar-refractivity contribution >= 4 is 23.1 Å². The van der Waals surface area contributed by atoms with Gasteiger partial charge in [0.05, 0.1) is 7.11 Å². The topological polar surface area (TPSA) is 131 Å². The zero-order chi connectivity index (χ0) is 29.1. The fourth-order valence-corrected chi connectivity index (χ4v) is 5.13. The first-order valence-electron chi connectivity index (χ1n) is 13.7. The lowest BCUT2D eigenvalue weighted by atomic mass is 9.92. The normalized spacial score (nSPS) is 13.0. The number of anilines is 1. The number of amides is 1. The van der Waals surface area contributed by atoms with E-state index in [1.807, 2.05) is 30.3 Å².